The summed E-state index contributed by atoms with van der Waals surface area (Å²) in [7, 11) is 0. The van der Waals surface area contributed by atoms with Gasteiger partial charge < -0.3 is 0 Å². The van der Waals surface area contributed by atoms with Crippen LogP contribution in [0.2, 0.25) is 0 Å². The first kappa shape index (κ1) is 9.00. The molecule has 0 spiro atoms. The van der Waals surface area contributed by atoms with Gasteiger partial charge in [0.05, 0.1) is 0 Å². The summed E-state index contributed by atoms with van der Waals surface area (Å²) in [5.74, 6) is 0. The van der Waals surface area contributed by atoms with E-state index in [9.17, 15) is 0 Å². The first-order valence-electron chi connectivity index (χ1n) is 3.43. The quantitative estimate of drug-likeness (QED) is 0.401. The van der Waals surface area contributed by atoms with Crippen LogP contribution in [0, 0.1) is 0 Å². The Morgan fingerprint density at radius 1 is 1.40 bits per heavy atom. The SMILES string of the molecule is C=CC(=C=CC)C(C)=CC. The highest BCUT2D eigenvalue weighted by atomic mass is 13.9. The minimum Gasteiger partial charge on any atom is -0.117 e. The van der Waals surface area contributed by atoms with Crippen LogP contribution in [0.3, 0.4) is 0 Å². The van der Waals surface area contributed by atoms with E-state index >= 15 is 0 Å². The average molecular weight is 134 g/mol. The molecule has 0 unspecified atom stereocenters. The van der Waals surface area contributed by atoms with E-state index in [0.29, 0.717) is 0 Å². The van der Waals surface area contributed by atoms with Crippen molar-refractivity contribution in [3.63, 3.8) is 0 Å². The largest absolute Gasteiger partial charge is 0.117 e. The predicted octanol–water partition coefficient (Wildman–Crippen LogP) is 3.24. The van der Waals surface area contributed by atoms with Crippen molar-refractivity contribution in [2.45, 2.75) is 20.8 Å². The molecule has 0 radical (unpaired) electrons. The molecule has 0 atom stereocenters. The van der Waals surface area contributed by atoms with Gasteiger partial charge in [-0.15, -0.1) is 5.73 Å². The molecule has 0 bridgehead atoms. The Kier molecular flexibility index (Phi) is 4.36. The third-order valence-corrected chi connectivity index (χ3v) is 1.36. The maximum Gasteiger partial charge on any atom is 0.0181 e. The Labute approximate surface area is 63.3 Å². The molecule has 10 heavy (non-hydrogen) atoms. The van der Waals surface area contributed by atoms with Crippen LogP contribution in [0.1, 0.15) is 20.8 Å². The molecule has 0 aromatic rings. The molecule has 54 valence electrons. The minimum atomic E-state index is 1.07. The van der Waals surface area contributed by atoms with E-state index in [0.717, 1.165) is 5.57 Å². The minimum absolute atomic E-state index is 1.07. The van der Waals surface area contributed by atoms with E-state index in [1.807, 2.05) is 39.0 Å². The number of hydrogen-bond acceptors (Lipinski definition) is 0. The zero-order valence-electron chi connectivity index (χ0n) is 6.94. The predicted molar refractivity (Wildman–Crippen MR) is 46.9 cm³/mol. The van der Waals surface area contributed by atoms with Crippen LogP contribution in [-0.4, -0.2) is 0 Å². The molecule has 0 amide bonds. The van der Waals surface area contributed by atoms with Gasteiger partial charge in [-0.3, -0.25) is 0 Å². The van der Waals surface area contributed by atoms with Crippen molar-refractivity contribution in [1.82, 2.24) is 0 Å². The van der Waals surface area contributed by atoms with Crippen LogP contribution in [0.5, 0.6) is 0 Å². The van der Waals surface area contributed by atoms with Crippen LogP contribution in [0.15, 0.2) is 41.7 Å². The highest BCUT2D eigenvalue weighted by Gasteiger charge is 1.88. The van der Waals surface area contributed by atoms with E-state index in [-0.39, 0.29) is 0 Å². The number of rotatable bonds is 2. The molecule has 0 aliphatic rings. The Bertz CT molecular complexity index is 198. The normalized spacial score (nSPS) is 10.1. The van der Waals surface area contributed by atoms with Gasteiger partial charge >= 0.3 is 0 Å². The van der Waals surface area contributed by atoms with Gasteiger partial charge in [0.25, 0.3) is 0 Å². The Balaban J connectivity index is 4.70. The lowest BCUT2D eigenvalue weighted by Crippen LogP contribution is -1.75. The third kappa shape index (κ3) is 2.52. The summed E-state index contributed by atoms with van der Waals surface area (Å²) in [6.45, 7) is 9.70. The van der Waals surface area contributed by atoms with Gasteiger partial charge in [-0.05, 0) is 32.4 Å². The average Bonchev–Trinajstić information content (AvgIpc) is 1.99. The second kappa shape index (κ2) is 4.84. The van der Waals surface area contributed by atoms with E-state index in [4.69, 9.17) is 0 Å². The molecular weight excluding hydrogens is 120 g/mol. The molecule has 0 saturated heterocycles. The summed E-state index contributed by atoms with van der Waals surface area (Å²) in [5.41, 5.74) is 5.38. The van der Waals surface area contributed by atoms with Crippen molar-refractivity contribution in [1.29, 1.82) is 0 Å². The highest BCUT2D eigenvalue weighted by molar-refractivity contribution is 5.36. The standard InChI is InChI=1S/C10H14/c1-5-8-10(7-3)9(4)6-2/h5-7H,3H2,1-2,4H3. The summed E-state index contributed by atoms with van der Waals surface area (Å²) in [6.07, 6.45) is 5.76. The summed E-state index contributed by atoms with van der Waals surface area (Å²) in [4.78, 5) is 0. The summed E-state index contributed by atoms with van der Waals surface area (Å²) in [5, 5.41) is 0. The van der Waals surface area contributed by atoms with Crippen molar-refractivity contribution in [2.75, 3.05) is 0 Å². The Morgan fingerprint density at radius 2 is 2.00 bits per heavy atom. The Hall–Kier alpha value is -1.00. The molecule has 0 N–H and O–H groups in total. The van der Waals surface area contributed by atoms with Crippen molar-refractivity contribution in [2.24, 2.45) is 0 Å². The van der Waals surface area contributed by atoms with Crippen molar-refractivity contribution in [3.8, 4) is 0 Å². The lowest BCUT2D eigenvalue weighted by Gasteiger charge is -1.94. The van der Waals surface area contributed by atoms with Crippen molar-refractivity contribution in [3.05, 3.63) is 41.7 Å². The molecular formula is C10H14. The molecule has 0 heterocycles. The molecule has 0 nitrogen and oxygen atoms in total. The molecule has 0 heteroatoms. The lowest BCUT2D eigenvalue weighted by molar-refractivity contribution is 1.41. The van der Waals surface area contributed by atoms with Gasteiger partial charge in [0, 0.05) is 5.57 Å². The number of allylic oxidation sites excluding steroid dienone is 4. The molecule has 0 saturated carbocycles. The van der Waals surface area contributed by atoms with E-state index in [1.165, 1.54) is 5.57 Å². The molecule has 0 rings (SSSR count). The molecule has 0 aromatic heterocycles. The van der Waals surface area contributed by atoms with E-state index < -0.39 is 0 Å². The monoisotopic (exact) mass is 134 g/mol. The van der Waals surface area contributed by atoms with Crippen LogP contribution >= 0.6 is 0 Å². The topological polar surface area (TPSA) is 0 Å². The molecule has 0 fully saturated rings. The van der Waals surface area contributed by atoms with Gasteiger partial charge in [-0.25, -0.2) is 0 Å². The second-order valence-electron chi connectivity index (χ2n) is 2.02. The Morgan fingerprint density at radius 3 is 2.30 bits per heavy atom. The van der Waals surface area contributed by atoms with Crippen LogP contribution < -0.4 is 0 Å². The summed E-state index contributed by atoms with van der Waals surface area (Å²) >= 11 is 0. The zero-order chi connectivity index (χ0) is 7.98. The van der Waals surface area contributed by atoms with Gasteiger partial charge in [0.1, 0.15) is 0 Å². The molecule has 0 aliphatic heterocycles. The fourth-order valence-electron chi connectivity index (χ4n) is 0.645. The first-order valence-corrected chi connectivity index (χ1v) is 3.43. The van der Waals surface area contributed by atoms with Gasteiger partial charge in [0.15, 0.2) is 0 Å². The van der Waals surface area contributed by atoms with E-state index in [2.05, 4.69) is 12.3 Å². The lowest BCUT2D eigenvalue weighted by atomic mass is 10.1. The van der Waals surface area contributed by atoms with E-state index in [1.54, 1.807) is 0 Å². The molecule has 0 aromatic carbocycles. The summed E-state index contributed by atoms with van der Waals surface area (Å²) in [6, 6.07) is 0. The van der Waals surface area contributed by atoms with Crippen molar-refractivity contribution < 1.29 is 0 Å². The van der Waals surface area contributed by atoms with Crippen molar-refractivity contribution >= 4 is 0 Å². The maximum absolute atomic E-state index is 3.69. The fraction of sp³-hybridized carbons (Fsp3) is 0.300. The fourth-order valence-corrected chi connectivity index (χ4v) is 0.645. The van der Waals surface area contributed by atoms with Gasteiger partial charge in [-0.2, -0.15) is 0 Å². The summed E-state index contributed by atoms with van der Waals surface area (Å²) < 4.78 is 0. The van der Waals surface area contributed by atoms with Crippen LogP contribution in [0.4, 0.5) is 0 Å². The first-order chi connectivity index (χ1) is 4.76. The van der Waals surface area contributed by atoms with Gasteiger partial charge in [-0.1, -0.05) is 18.7 Å². The van der Waals surface area contributed by atoms with Gasteiger partial charge in [0.2, 0.25) is 0 Å². The second-order valence-corrected chi connectivity index (χ2v) is 2.02. The third-order valence-electron chi connectivity index (χ3n) is 1.36. The zero-order valence-corrected chi connectivity index (χ0v) is 6.94. The van der Waals surface area contributed by atoms with Crippen LogP contribution in [-0.2, 0) is 0 Å². The maximum atomic E-state index is 3.69. The molecule has 0 aliphatic carbocycles. The highest BCUT2D eigenvalue weighted by Crippen LogP contribution is 2.07. The smallest absolute Gasteiger partial charge is 0.0181 e. The number of hydrogen-bond donors (Lipinski definition) is 0. The van der Waals surface area contributed by atoms with Crippen LogP contribution in [0.25, 0.3) is 0 Å².